The molecule has 2 rings (SSSR count). The van der Waals surface area contributed by atoms with Gasteiger partial charge in [0.2, 0.25) is 0 Å². The molecule has 0 aliphatic heterocycles. The first kappa shape index (κ1) is 12.8. The predicted octanol–water partition coefficient (Wildman–Crippen LogP) is 3.38. The average molecular weight is 243 g/mol. The van der Waals surface area contributed by atoms with Crippen molar-refractivity contribution in [2.45, 2.75) is 39.2 Å². The Labute approximate surface area is 109 Å². The molecule has 1 aromatic rings. The third-order valence-electron chi connectivity index (χ3n) is 4.21. The van der Waals surface area contributed by atoms with Gasteiger partial charge in [0.25, 0.3) is 0 Å². The highest BCUT2D eigenvalue weighted by Crippen LogP contribution is 2.32. The predicted molar refractivity (Wildman–Crippen MR) is 75.2 cm³/mol. The third-order valence-corrected chi connectivity index (χ3v) is 4.21. The summed E-state index contributed by atoms with van der Waals surface area (Å²) in [6, 6.07) is 8.17. The molecule has 0 heterocycles. The molecule has 1 fully saturated rings. The summed E-state index contributed by atoms with van der Waals surface area (Å²) in [6.07, 6.45) is 3.76. The number of nitrogen functional groups attached to an aromatic ring is 1. The zero-order valence-corrected chi connectivity index (χ0v) is 11.1. The van der Waals surface area contributed by atoms with E-state index in [1.54, 1.807) is 6.07 Å². The van der Waals surface area contributed by atoms with E-state index in [1.165, 1.54) is 19.3 Å². The van der Waals surface area contributed by atoms with Crippen LogP contribution in [0, 0.1) is 23.2 Å². The molecule has 0 amide bonds. The van der Waals surface area contributed by atoms with Crippen LogP contribution < -0.4 is 11.1 Å². The van der Waals surface area contributed by atoms with E-state index < -0.39 is 0 Å². The average Bonchev–Trinajstić information content (AvgIpc) is 2.37. The van der Waals surface area contributed by atoms with Crippen molar-refractivity contribution in [2.75, 3.05) is 11.1 Å². The maximum absolute atomic E-state index is 9.14. The summed E-state index contributed by atoms with van der Waals surface area (Å²) >= 11 is 0. The topological polar surface area (TPSA) is 61.8 Å². The fraction of sp³-hybridized carbons (Fsp3) is 0.533. The molecular weight excluding hydrogens is 222 g/mol. The van der Waals surface area contributed by atoms with E-state index in [-0.39, 0.29) is 0 Å². The van der Waals surface area contributed by atoms with Crippen molar-refractivity contribution in [1.29, 1.82) is 5.26 Å². The number of nitrogens with one attached hydrogen (secondary N) is 1. The van der Waals surface area contributed by atoms with Gasteiger partial charge in [0.15, 0.2) is 0 Å². The molecule has 96 valence electrons. The van der Waals surface area contributed by atoms with Gasteiger partial charge < -0.3 is 11.1 Å². The van der Waals surface area contributed by atoms with Crippen molar-refractivity contribution in [3.63, 3.8) is 0 Å². The number of hydrogen-bond donors (Lipinski definition) is 2. The first-order valence-corrected chi connectivity index (χ1v) is 6.68. The Bertz CT molecular complexity index is 461. The lowest BCUT2D eigenvalue weighted by Crippen LogP contribution is -2.35. The summed E-state index contributed by atoms with van der Waals surface area (Å²) in [7, 11) is 0. The molecule has 0 saturated heterocycles. The zero-order chi connectivity index (χ0) is 13.1. The molecule has 0 aromatic heterocycles. The van der Waals surface area contributed by atoms with E-state index in [2.05, 4.69) is 25.2 Å². The van der Waals surface area contributed by atoms with Gasteiger partial charge in [0.05, 0.1) is 11.3 Å². The van der Waals surface area contributed by atoms with Crippen LogP contribution in [0.1, 0.15) is 38.7 Å². The highest BCUT2D eigenvalue weighted by atomic mass is 14.9. The lowest BCUT2D eigenvalue weighted by Gasteiger charge is -2.35. The summed E-state index contributed by atoms with van der Waals surface area (Å²) in [5.41, 5.74) is 7.90. The Balaban J connectivity index is 2.16. The van der Waals surface area contributed by atoms with Gasteiger partial charge in [-0.1, -0.05) is 26.7 Å². The van der Waals surface area contributed by atoms with E-state index in [4.69, 9.17) is 11.0 Å². The van der Waals surface area contributed by atoms with Crippen molar-refractivity contribution >= 4 is 11.4 Å². The van der Waals surface area contributed by atoms with E-state index in [0.717, 1.165) is 11.6 Å². The SMILES string of the molecule is CC1CCCC(Nc2ccc(N)cc2C#N)C1C. The van der Waals surface area contributed by atoms with Crippen LogP contribution in [-0.2, 0) is 0 Å². The van der Waals surface area contributed by atoms with Crippen molar-refractivity contribution < 1.29 is 0 Å². The number of hydrogen-bond acceptors (Lipinski definition) is 3. The Morgan fingerprint density at radius 2 is 2.11 bits per heavy atom. The lowest BCUT2D eigenvalue weighted by atomic mass is 9.78. The molecule has 1 aromatic carbocycles. The Morgan fingerprint density at radius 1 is 1.33 bits per heavy atom. The fourth-order valence-electron chi connectivity index (χ4n) is 2.77. The molecule has 3 atom stereocenters. The van der Waals surface area contributed by atoms with E-state index >= 15 is 0 Å². The number of nitrogens with two attached hydrogens (primary N) is 1. The largest absolute Gasteiger partial charge is 0.399 e. The Hall–Kier alpha value is -1.69. The third kappa shape index (κ3) is 2.59. The normalized spacial score (nSPS) is 27.5. The number of nitrogens with zero attached hydrogens (tertiary/aromatic N) is 1. The monoisotopic (exact) mass is 243 g/mol. The fourth-order valence-corrected chi connectivity index (χ4v) is 2.77. The van der Waals surface area contributed by atoms with Crippen molar-refractivity contribution in [1.82, 2.24) is 0 Å². The second kappa shape index (κ2) is 5.30. The van der Waals surface area contributed by atoms with Gasteiger partial charge in [0, 0.05) is 11.7 Å². The second-order valence-electron chi connectivity index (χ2n) is 5.43. The minimum absolute atomic E-state index is 0.462. The van der Waals surface area contributed by atoms with E-state index in [1.807, 2.05) is 12.1 Å². The smallest absolute Gasteiger partial charge is 0.101 e. The summed E-state index contributed by atoms with van der Waals surface area (Å²) in [5.74, 6) is 1.39. The summed E-state index contributed by atoms with van der Waals surface area (Å²) in [4.78, 5) is 0. The molecule has 0 radical (unpaired) electrons. The van der Waals surface area contributed by atoms with Crippen LogP contribution in [0.3, 0.4) is 0 Å². The zero-order valence-electron chi connectivity index (χ0n) is 11.1. The van der Waals surface area contributed by atoms with Gasteiger partial charge in [-0.25, -0.2) is 0 Å². The summed E-state index contributed by atoms with van der Waals surface area (Å²) < 4.78 is 0. The van der Waals surface area contributed by atoms with Crippen molar-refractivity contribution in [3.8, 4) is 6.07 Å². The lowest BCUT2D eigenvalue weighted by molar-refractivity contribution is 0.253. The van der Waals surface area contributed by atoms with Gasteiger partial charge in [-0.3, -0.25) is 0 Å². The summed E-state index contributed by atoms with van der Waals surface area (Å²) in [5, 5.41) is 12.7. The van der Waals surface area contributed by atoms with Crippen LogP contribution in [0.4, 0.5) is 11.4 Å². The Morgan fingerprint density at radius 3 is 2.83 bits per heavy atom. The number of nitriles is 1. The van der Waals surface area contributed by atoms with Crippen LogP contribution in [0.2, 0.25) is 0 Å². The maximum Gasteiger partial charge on any atom is 0.101 e. The summed E-state index contributed by atoms with van der Waals surface area (Å²) in [6.45, 7) is 4.61. The van der Waals surface area contributed by atoms with Crippen LogP contribution in [0.25, 0.3) is 0 Å². The molecule has 3 nitrogen and oxygen atoms in total. The molecule has 18 heavy (non-hydrogen) atoms. The molecule has 1 aliphatic carbocycles. The minimum Gasteiger partial charge on any atom is -0.399 e. The molecule has 3 unspecified atom stereocenters. The molecular formula is C15H21N3. The van der Waals surface area contributed by atoms with Crippen LogP contribution in [0.5, 0.6) is 0 Å². The van der Waals surface area contributed by atoms with E-state index in [9.17, 15) is 0 Å². The van der Waals surface area contributed by atoms with Crippen molar-refractivity contribution in [3.05, 3.63) is 23.8 Å². The molecule has 1 saturated carbocycles. The highest BCUT2D eigenvalue weighted by Gasteiger charge is 2.27. The van der Waals surface area contributed by atoms with Gasteiger partial charge in [-0.05, 0) is 36.5 Å². The second-order valence-corrected chi connectivity index (χ2v) is 5.43. The quantitative estimate of drug-likeness (QED) is 0.783. The van der Waals surface area contributed by atoms with Crippen molar-refractivity contribution in [2.24, 2.45) is 11.8 Å². The molecule has 3 N–H and O–H groups in total. The number of anilines is 2. The first-order chi connectivity index (χ1) is 8.61. The standard InChI is InChI=1S/C15H21N3/c1-10-4-3-5-14(11(10)2)18-15-7-6-13(17)8-12(15)9-16/h6-8,10-11,14,18H,3-5,17H2,1-2H3. The van der Waals surface area contributed by atoms with Crippen LogP contribution in [0.15, 0.2) is 18.2 Å². The Kier molecular flexibility index (Phi) is 3.76. The highest BCUT2D eigenvalue weighted by molar-refractivity contribution is 5.63. The van der Waals surface area contributed by atoms with Crippen LogP contribution >= 0.6 is 0 Å². The van der Waals surface area contributed by atoms with Crippen LogP contribution in [-0.4, -0.2) is 6.04 Å². The maximum atomic E-state index is 9.14. The molecule has 1 aliphatic rings. The van der Waals surface area contributed by atoms with Gasteiger partial charge in [-0.15, -0.1) is 0 Å². The minimum atomic E-state index is 0.462. The first-order valence-electron chi connectivity index (χ1n) is 6.68. The molecule has 0 bridgehead atoms. The van der Waals surface area contributed by atoms with Gasteiger partial charge in [-0.2, -0.15) is 5.26 Å². The molecule has 0 spiro atoms. The number of benzene rings is 1. The van der Waals surface area contributed by atoms with Gasteiger partial charge >= 0.3 is 0 Å². The van der Waals surface area contributed by atoms with E-state index in [0.29, 0.717) is 23.2 Å². The number of rotatable bonds is 2. The molecule has 3 heteroatoms. The van der Waals surface area contributed by atoms with Gasteiger partial charge in [0.1, 0.15) is 6.07 Å².